The van der Waals surface area contributed by atoms with Gasteiger partial charge >= 0.3 is 0 Å². The number of nitrogens with one attached hydrogen (secondary N) is 1. The van der Waals surface area contributed by atoms with E-state index in [-0.39, 0.29) is 30.6 Å². The second-order valence-corrected chi connectivity index (χ2v) is 6.74. The van der Waals surface area contributed by atoms with Gasteiger partial charge in [0.05, 0.1) is 5.92 Å². The normalized spacial score (nSPS) is 19.6. The molecule has 124 valence electrons. The Morgan fingerprint density at radius 2 is 2.08 bits per heavy atom. The highest BCUT2D eigenvalue weighted by Crippen LogP contribution is 2.28. The molecule has 1 aromatic heterocycles. The molecule has 0 radical (unpaired) electrons. The van der Waals surface area contributed by atoms with Crippen molar-refractivity contribution in [2.75, 3.05) is 22.5 Å². The van der Waals surface area contributed by atoms with Gasteiger partial charge in [-0.2, -0.15) is 0 Å². The first-order chi connectivity index (χ1) is 11.6. The van der Waals surface area contributed by atoms with E-state index in [0.717, 1.165) is 17.5 Å². The minimum Gasteiger partial charge on any atom is -0.312 e. The lowest BCUT2D eigenvalue weighted by molar-refractivity contribution is -0.122. The number of nitrogens with zero attached hydrogens (tertiary/aromatic N) is 4. The van der Waals surface area contributed by atoms with Gasteiger partial charge in [0.2, 0.25) is 17.8 Å². The molecule has 2 aliphatic rings. The number of carbonyl (C=O) groups is 2. The SMILES string of the molecule is O=C(Nc1nnc2n1CCS2)[C@H]1CC(=O)N(c2ccc(F)cc2)C1. The first-order valence-electron chi connectivity index (χ1n) is 7.54. The lowest BCUT2D eigenvalue weighted by Gasteiger charge is -2.16. The molecular weight excluding hydrogens is 333 g/mol. The third-order valence-corrected chi connectivity index (χ3v) is 5.08. The predicted molar refractivity (Wildman–Crippen MR) is 86.2 cm³/mol. The topological polar surface area (TPSA) is 80.1 Å². The Labute approximate surface area is 141 Å². The van der Waals surface area contributed by atoms with E-state index in [2.05, 4.69) is 15.5 Å². The summed E-state index contributed by atoms with van der Waals surface area (Å²) in [5.41, 5.74) is 0.594. The van der Waals surface area contributed by atoms with Crippen molar-refractivity contribution in [3.63, 3.8) is 0 Å². The van der Waals surface area contributed by atoms with Gasteiger partial charge in [-0.1, -0.05) is 11.8 Å². The fourth-order valence-electron chi connectivity index (χ4n) is 2.88. The van der Waals surface area contributed by atoms with Crippen molar-refractivity contribution in [1.82, 2.24) is 14.8 Å². The number of halogens is 1. The quantitative estimate of drug-likeness (QED) is 0.910. The van der Waals surface area contributed by atoms with Crippen LogP contribution in [-0.2, 0) is 16.1 Å². The number of aromatic nitrogens is 3. The summed E-state index contributed by atoms with van der Waals surface area (Å²) in [6.45, 7) is 1.03. The zero-order valence-electron chi connectivity index (χ0n) is 12.6. The van der Waals surface area contributed by atoms with Crippen LogP contribution in [0.25, 0.3) is 0 Å². The van der Waals surface area contributed by atoms with Crippen LogP contribution >= 0.6 is 11.8 Å². The van der Waals surface area contributed by atoms with E-state index >= 15 is 0 Å². The van der Waals surface area contributed by atoms with Gasteiger partial charge in [-0.05, 0) is 24.3 Å². The molecule has 0 aliphatic carbocycles. The van der Waals surface area contributed by atoms with E-state index in [0.29, 0.717) is 11.6 Å². The van der Waals surface area contributed by atoms with Gasteiger partial charge in [0.25, 0.3) is 0 Å². The van der Waals surface area contributed by atoms with Gasteiger partial charge in [-0.15, -0.1) is 10.2 Å². The minimum absolute atomic E-state index is 0.124. The molecule has 7 nitrogen and oxygen atoms in total. The van der Waals surface area contributed by atoms with Gasteiger partial charge < -0.3 is 4.90 Å². The number of anilines is 2. The third kappa shape index (κ3) is 2.64. The molecule has 0 spiro atoms. The molecule has 2 aliphatic heterocycles. The number of hydrogen-bond acceptors (Lipinski definition) is 5. The molecule has 1 atom stereocenters. The summed E-state index contributed by atoms with van der Waals surface area (Å²) < 4.78 is 14.9. The van der Waals surface area contributed by atoms with Crippen LogP contribution < -0.4 is 10.2 Å². The molecule has 24 heavy (non-hydrogen) atoms. The Morgan fingerprint density at radius 3 is 2.88 bits per heavy atom. The van der Waals surface area contributed by atoms with Gasteiger partial charge in [0.1, 0.15) is 5.82 Å². The molecule has 1 N–H and O–H groups in total. The molecular formula is C15H14FN5O2S. The summed E-state index contributed by atoms with van der Waals surface area (Å²) in [6, 6.07) is 5.67. The smallest absolute Gasteiger partial charge is 0.232 e. The standard InChI is InChI=1S/C15H14FN5O2S/c16-10-1-3-11(4-2-10)21-8-9(7-12(21)22)13(23)17-14-18-19-15-20(14)5-6-24-15/h1-4,9H,5-8H2,(H,17,18,23)/t9-/m0/s1. The number of fused-ring (bicyclic) bond motifs is 1. The van der Waals surface area contributed by atoms with Crippen LogP contribution in [0.4, 0.5) is 16.0 Å². The van der Waals surface area contributed by atoms with Crippen molar-refractivity contribution in [2.24, 2.45) is 5.92 Å². The lowest BCUT2D eigenvalue weighted by Crippen LogP contribution is -2.28. The maximum absolute atomic E-state index is 13.0. The Kier molecular flexibility index (Phi) is 3.72. The fourth-order valence-corrected chi connectivity index (χ4v) is 3.77. The van der Waals surface area contributed by atoms with E-state index < -0.39 is 5.92 Å². The molecule has 1 aromatic carbocycles. The maximum atomic E-state index is 13.0. The fraction of sp³-hybridized carbons (Fsp3) is 0.333. The second kappa shape index (κ2) is 5.90. The zero-order valence-corrected chi connectivity index (χ0v) is 13.4. The first-order valence-corrected chi connectivity index (χ1v) is 8.53. The Hall–Kier alpha value is -2.42. The molecule has 2 amide bonds. The van der Waals surface area contributed by atoms with Crippen LogP contribution in [0.15, 0.2) is 29.4 Å². The molecule has 1 fully saturated rings. The van der Waals surface area contributed by atoms with Gasteiger partial charge in [0.15, 0.2) is 5.16 Å². The number of rotatable bonds is 3. The number of carbonyl (C=O) groups excluding carboxylic acids is 2. The number of benzene rings is 1. The van der Waals surface area contributed by atoms with Crippen molar-refractivity contribution in [3.05, 3.63) is 30.1 Å². The summed E-state index contributed by atoms with van der Waals surface area (Å²) in [7, 11) is 0. The van der Waals surface area contributed by atoms with Crippen molar-refractivity contribution in [1.29, 1.82) is 0 Å². The third-order valence-electron chi connectivity index (χ3n) is 4.13. The van der Waals surface area contributed by atoms with Crippen molar-refractivity contribution < 1.29 is 14.0 Å². The molecule has 3 heterocycles. The maximum Gasteiger partial charge on any atom is 0.232 e. The summed E-state index contributed by atoms with van der Waals surface area (Å²) >= 11 is 1.59. The minimum atomic E-state index is -0.468. The van der Waals surface area contributed by atoms with E-state index in [1.54, 1.807) is 11.8 Å². The van der Waals surface area contributed by atoms with Gasteiger partial charge in [-0.3, -0.25) is 19.5 Å². The largest absolute Gasteiger partial charge is 0.312 e. The molecule has 2 aromatic rings. The van der Waals surface area contributed by atoms with E-state index in [1.807, 2.05) is 4.57 Å². The van der Waals surface area contributed by atoms with E-state index in [9.17, 15) is 14.0 Å². The van der Waals surface area contributed by atoms with Crippen LogP contribution in [0, 0.1) is 11.7 Å². The number of hydrogen-bond donors (Lipinski definition) is 1. The lowest BCUT2D eigenvalue weighted by atomic mass is 10.1. The molecule has 1 saturated heterocycles. The Balaban J connectivity index is 1.46. The average Bonchev–Trinajstić information content (AvgIpc) is 3.25. The van der Waals surface area contributed by atoms with Gasteiger partial charge in [0, 0.05) is 31.0 Å². The van der Waals surface area contributed by atoms with E-state index in [4.69, 9.17) is 0 Å². The zero-order chi connectivity index (χ0) is 16.7. The average molecular weight is 347 g/mol. The molecule has 0 saturated carbocycles. The van der Waals surface area contributed by atoms with Crippen LogP contribution in [0.5, 0.6) is 0 Å². The Morgan fingerprint density at radius 1 is 1.29 bits per heavy atom. The van der Waals surface area contributed by atoms with Crippen molar-refractivity contribution in [2.45, 2.75) is 18.1 Å². The molecule has 0 unspecified atom stereocenters. The summed E-state index contributed by atoms with van der Waals surface area (Å²) in [6.07, 6.45) is 0.124. The molecule has 4 rings (SSSR count). The highest BCUT2D eigenvalue weighted by molar-refractivity contribution is 7.99. The van der Waals surface area contributed by atoms with Crippen LogP contribution in [0.2, 0.25) is 0 Å². The second-order valence-electron chi connectivity index (χ2n) is 5.68. The first kappa shape index (κ1) is 15.1. The van der Waals surface area contributed by atoms with Crippen LogP contribution in [0.3, 0.4) is 0 Å². The number of amides is 2. The summed E-state index contributed by atoms with van der Waals surface area (Å²) in [5, 5.41) is 11.5. The summed E-state index contributed by atoms with van der Waals surface area (Å²) in [5.74, 6) is 0.105. The molecule has 9 heteroatoms. The van der Waals surface area contributed by atoms with Crippen LogP contribution in [0.1, 0.15) is 6.42 Å². The highest BCUT2D eigenvalue weighted by atomic mass is 32.2. The van der Waals surface area contributed by atoms with Gasteiger partial charge in [-0.25, -0.2) is 4.39 Å². The predicted octanol–water partition coefficient (Wildman–Crippen LogP) is 1.51. The van der Waals surface area contributed by atoms with Crippen LogP contribution in [-0.4, -0.2) is 38.9 Å². The monoisotopic (exact) mass is 347 g/mol. The van der Waals surface area contributed by atoms with Crippen molar-refractivity contribution >= 4 is 35.2 Å². The summed E-state index contributed by atoms with van der Waals surface area (Å²) in [4.78, 5) is 26.1. The highest BCUT2D eigenvalue weighted by Gasteiger charge is 2.36. The molecule has 0 bridgehead atoms. The Bertz CT molecular complexity index is 807. The van der Waals surface area contributed by atoms with E-state index in [1.165, 1.54) is 29.2 Å². The van der Waals surface area contributed by atoms with Crippen molar-refractivity contribution in [3.8, 4) is 0 Å². The number of thioether (sulfide) groups is 1.